The lowest BCUT2D eigenvalue weighted by molar-refractivity contribution is -0.153. The number of hydrogen-bond acceptors (Lipinski definition) is 4. The third-order valence-corrected chi connectivity index (χ3v) is 2.23. The minimum Gasteiger partial charge on any atom is -0.483 e. The van der Waals surface area contributed by atoms with E-state index in [1.165, 1.54) is 6.07 Å². The van der Waals surface area contributed by atoms with Crippen molar-refractivity contribution in [1.82, 2.24) is 0 Å². The molecule has 1 aliphatic rings. The summed E-state index contributed by atoms with van der Waals surface area (Å²) in [5.74, 6) is 0.171. The zero-order valence-corrected chi connectivity index (χ0v) is 8.58. The Kier molecular flexibility index (Phi) is 2.83. The summed E-state index contributed by atoms with van der Waals surface area (Å²) < 4.78 is 40.9. The Morgan fingerprint density at radius 2 is 2.18 bits per heavy atom. The van der Waals surface area contributed by atoms with Gasteiger partial charge in [0.25, 0.3) is 0 Å². The minimum absolute atomic E-state index is 0.0621. The molecular formula is C10H8F3N3O. The number of alkyl halides is 3. The molecule has 0 aromatic heterocycles. The standard InChI is InChI=1S/C10H8F3N3O/c11-10(12,13)5-17-7-3-1-2-6-4-15-9(16-14)8(6)7/h1-3,14H,4-5H2. The van der Waals surface area contributed by atoms with Gasteiger partial charge in [-0.15, -0.1) is 5.11 Å². The van der Waals surface area contributed by atoms with E-state index in [1.807, 2.05) is 0 Å². The molecular weight excluding hydrogens is 235 g/mol. The highest BCUT2D eigenvalue weighted by atomic mass is 19.4. The number of nitrogens with zero attached hydrogens (tertiary/aromatic N) is 2. The average Bonchev–Trinajstić information content (AvgIpc) is 2.68. The van der Waals surface area contributed by atoms with Gasteiger partial charge >= 0.3 is 6.18 Å². The molecule has 90 valence electrons. The molecule has 1 N–H and O–H groups in total. The molecule has 17 heavy (non-hydrogen) atoms. The summed E-state index contributed by atoms with van der Waals surface area (Å²) in [7, 11) is 0. The average molecular weight is 243 g/mol. The molecule has 0 spiro atoms. The molecule has 4 nitrogen and oxygen atoms in total. The van der Waals surface area contributed by atoms with Crippen molar-refractivity contribution in [3.05, 3.63) is 29.3 Å². The van der Waals surface area contributed by atoms with E-state index in [0.717, 1.165) is 5.56 Å². The van der Waals surface area contributed by atoms with Crippen LogP contribution in [0.1, 0.15) is 11.1 Å². The van der Waals surface area contributed by atoms with Gasteiger partial charge in [0, 0.05) is 0 Å². The van der Waals surface area contributed by atoms with E-state index in [0.29, 0.717) is 12.1 Å². The van der Waals surface area contributed by atoms with E-state index in [1.54, 1.807) is 12.1 Å². The number of aliphatic imine (C=N–C) groups is 1. The zero-order valence-electron chi connectivity index (χ0n) is 8.58. The lowest BCUT2D eigenvalue weighted by Crippen LogP contribution is -2.20. The second kappa shape index (κ2) is 4.15. The lowest BCUT2D eigenvalue weighted by atomic mass is 10.1. The highest BCUT2D eigenvalue weighted by Gasteiger charge is 2.30. The van der Waals surface area contributed by atoms with Crippen LogP contribution in [0.25, 0.3) is 0 Å². The van der Waals surface area contributed by atoms with E-state index in [9.17, 15) is 13.2 Å². The van der Waals surface area contributed by atoms with Crippen LogP contribution >= 0.6 is 0 Å². The van der Waals surface area contributed by atoms with Crippen molar-refractivity contribution in [2.24, 2.45) is 10.1 Å². The fourth-order valence-corrected chi connectivity index (χ4v) is 1.57. The van der Waals surface area contributed by atoms with Crippen LogP contribution < -0.4 is 4.74 Å². The third kappa shape index (κ3) is 2.43. The summed E-state index contributed by atoms with van der Waals surface area (Å²) in [6.45, 7) is -1.05. The molecule has 1 aromatic carbocycles. The molecule has 2 rings (SSSR count). The van der Waals surface area contributed by atoms with Crippen LogP contribution in [-0.2, 0) is 6.54 Å². The summed E-state index contributed by atoms with van der Waals surface area (Å²) in [6.07, 6.45) is -4.39. The van der Waals surface area contributed by atoms with Gasteiger partial charge < -0.3 is 4.74 Å². The monoisotopic (exact) mass is 243 g/mol. The Morgan fingerprint density at radius 1 is 1.41 bits per heavy atom. The van der Waals surface area contributed by atoms with Crippen molar-refractivity contribution in [2.75, 3.05) is 6.61 Å². The van der Waals surface area contributed by atoms with Crippen LogP contribution in [-0.4, -0.2) is 18.6 Å². The first-order chi connectivity index (χ1) is 8.01. The predicted octanol–water partition coefficient (Wildman–Crippen LogP) is 2.92. The quantitative estimate of drug-likeness (QED) is 0.797. The van der Waals surface area contributed by atoms with Crippen molar-refractivity contribution in [2.45, 2.75) is 12.7 Å². The van der Waals surface area contributed by atoms with Crippen molar-refractivity contribution in [1.29, 1.82) is 5.53 Å². The molecule has 0 unspecified atom stereocenters. The second-order valence-corrected chi connectivity index (χ2v) is 3.45. The molecule has 0 radical (unpaired) electrons. The molecule has 0 atom stereocenters. The number of halogens is 3. The van der Waals surface area contributed by atoms with Gasteiger partial charge in [-0.1, -0.05) is 12.1 Å². The summed E-state index contributed by atoms with van der Waals surface area (Å²) in [4.78, 5) is 3.93. The minimum atomic E-state index is -4.39. The summed E-state index contributed by atoms with van der Waals surface area (Å²) >= 11 is 0. The van der Waals surface area contributed by atoms with Crippen LogP contribution in [0.4, 0.5) is 13.2 Å². The van der Waals surface area contributed by atoms with Crippen LogP contribution in [0.5, 0.6) is 5.75 Å². The largest absolute Gasteiger partial charge is 0.483 e. The molecule has 0 bridgehead atoms. The van der Waals surface area contributed by atoms with Gasteiger partial charge in [-0.2, -0.15) is 13.2 Å². The number of benzene rings is 1. The molecule has 0 saturated carbocycles. The van der Waals surface area contributed by atoms with Crippen molar-refractivity contribution >= 4 is 5.84 Å². The molecule has 7 heteroatoms. The first-order valence-electron chi connectivity index (χ1n) is 4.75. The topological polar surface area (TPSA) is 57.8 Å². The Balaban J connectivity index is 2.27. The lowest BCUT2D eigenvalue weighted by Gasteiger charge is -2.12. The third-order valence-electron chi connectivity index (χ3n) is 2.23. The van der Waals surface area contributed by atoms with E-state index in [2.05, 4.69) is 10.1 Å². The highest BCUT2D eigenvalue weighted by Crippen LogP contribution is 2.30. The fourth-order valence-electron chi connectivity index (χ4n) is 1.57. The van der Waals surface area contributed by atoms with Gasteiger partial charge in [-0.05, 0) is 11.6 Å². The number of nitrogens with one attached hydrogen (secondary N) is 1. The van der Waals surface area contributed by atoms with Crippen molar-refractivity contribution < 1.29 is 17.9 Å². The van der Waals surface area contributed by atoms with Gasteiger partial charge in [0.2, 0.25) is 0 Å². The summed E-state index contributed by atoms with van der Waals surface area (Å²) in [5, 5.41) is 3.17. The summed E-state index contributed by atoms with van der Waals surface area (Å²) in [5.41, 5.74) is 8.00. The molecule has 1 aromatic rings. The van der Waals surface area contributed by atoms with E-state index in [4.69, 9.17) is 10.3 Å². The molecule has 0 fully saturated rings. The number of hydrogen-bond donors (Lipinski definition) is 1. The van der Waals surface area contributed by atoms with Gasteiger partial charge in [0.15, 0.2) is 12.4 Å². The predicted molar refractivity (Wildman–Crippen MR) is 53.4 cm³/mol. The van der Waals surface area contributed by atoms with Crippen LogP contribution in [0, 0.1) is 5.53 Å². The van der Waals surface area contributed by atoms with E-state index < -0.39 is 12.8 Å². The maximum atomic E-state index is 12.1. The number of amidine groups is 1. The van der Waals surface area contributed by atoms with Crippen LogP contribution in [0.2, 0.25) is 0 Å². The maximum absolute atomic E-state index is 12.1. The summed E-state index contributed by atoms with van der Waals surface area (Å²) in [6, 6.07) is 4.72. The van der Waals surface area contributed by atoms with Crippen LogP contribution in [0.15, 0.2) is 28.3 Å². The molecule has 0 amide bonds. The highest BCUT2D eigenvalue weighted by molar-refractivity contribution is 6.04. The smallest absolute Gasteiger partial charge is 0.422 e. The van der Waals surface area contributed by atoms with Crippen molar-refractivity contribution in [3.8, 4) is 5.75 Å². The molecule has 0 aliphatic carbocycles. The van der Waals surface area contributed by atoms with E-state index in [-0.39, 0.29) is 11.6 Å². The zero-order chi connectivity index (χ0) is 12.5. The van der Waals surface area contributed by atoms with Gasteiger partial charge in [0.1, 0.15) is 5.75 Å². The number of fused-ring (bicyclic) bond motifs is 1. The Hall–Kier alpha value is -1.92. The van der Waals surface area contributed by atoms with Gasteiger partial charge in [0.05, 0.1) is 12.1 Å². The number of ether oxygens (including phenoxy) is 1. The number of rotatable bonds is 2. The van der Waals surface area contributed by atoms with E-state index >= 15 is 0 Å². The Bertz CT molecular complexity index is 482. The molecule has 1 heterocycles. The maximum Gasteiger partial charge on any atom is 0.422 e. The second-order valence-electron chi connectivity index (χ2n) is 3.45. The first-order valence-corrected chi connectivity index (χ1v) is 4.75. The molecule has 1 aliphatic heterocycles. The Labute approximate surface area is 94.6 Å². The Morgan fingerprint density at radius 3 is 2.82 bits per heavy atom. The van der Waals surface area contributed by atoms with Gasteiger partial charge in [-0.25, -0.2) is 5.53 Å². The first kappa shape index (κ1) is 11.6. The van der Waals surface area contributed by atoms with Crippen LogP contribution in [0.3, 0.4) is 0 Å². The molecule has 0 saturated heterocycles. The SMILES string of the molecule is N=NC1=NCc2cccc(OCC(F)(F)F)c21. The fraction of sp³-hybridized carbons (Fsp3) is 0.300. The van der Waals surface area contributed by atoms with Gasteiger partial charge in [-0.3, -0.25) is 4.99 Å². The van der Waals surface area contributed by atoms with Crippen molar-refractivity contribution in [3.63, 3.8) is 0 Å². The normalized spacial score (nSPS) is 14.2.